The largest absolute Gasteiger partial charge is 0.493 e. The van der Waals surface area contributed by atoms with E-state index in [1.807, 2.05) is 52.8 Å². The molecular formula is C21H36N4O4. The summed E-state index contributed by atoms with van der Waals surface area (Å²) >= 11 is 0. The van der Waals surface area contributed by atoms with Crippen molar-refractivity contribution in [2.24, 2.45) is 10.7 Å². The van der Waals surface area contributed by atoms with Gasteiger partial charge in [0, 0.05) is 6.54 Å². The minimum atomic E-state index is -0.551. The van der Waals surface area contributed by atoms with Gasteiger partial charge >= 0.3 is 6.09 Å². The van der Waals surface area contributed by atoms with Crippen molar-refractivity contribution < 1.29 is 19.0 Å². The molecular weight excluding hydrogens is 372 g/mol. The van der Waals surface area contributed by atoms with Gasteiger partial charge in [0.1, 0.15) is 5.60 Å². The van der Waals surface area contributed by atoms with Gasteiger partial charge in [0.25, 0.3) is 0 Å². The highest BCUT2D eigenvalue weighted by atomic mass is 16.6. The highest BCUT2D eigenvalue weighted by Gasteiger charge is 2.30. The molecule has 1 rings (SSSR count). The normalized spacial score (nSPS) is 12.3. The smallest absolute Gasteiger partial charge is 0.408 e. The number of carbonyl (C=O) groups is 1. The number of nitrogens with zero attached hydrogens (tertiary/aromatic N) is 1. The fourth-order valence-corrected chi connectivity index (χ4v) is 2.71. The lowest BCUT2D eigenvalue weighted by molar-refractivity contribution is 0.0448. The van der Waals surface area contributed by atoms with Crippen LogP contribution in [0, 0.1) is 0 Å². The molecule has 0 aliphatic heterocycles. The Hall–Kier alpha value is -2.64. The topological polar surface area (TPSA) is 107 Å². The number of rotatable bonds is 9. The lowest BCUT2D eigenvalue weighted by Gasteiger charge is -2.34. The van der Waals surface area contributed by atoms with Gasteiger partial charge in [-0.25, -0.2) is 9.79 Å². The number of carbonyl (C=O) groups excluding carboxylic acids is 1. The molecule has 0 fully saturated rings. The number of hydrogen-bond donors (Lipinski definition) is 3. The molecule has 0 aliphatic rings. The van der Waals surface area contributed by atoms with E-state index in [9.17, 15) is 4.79 Å². The zero-order valence-electron chi connectivity index (χ0n) is 18.7. The summed E-state index contributed by atoms with van der Waals surface area (Å²) in [5.74, 6) is 1.61. The van der Waals surface area contributed by atoms with Crippen LogP contribution in [0.2, 0.25) is 0 Å². The first-order valence-electron chi connectivity index (χ1n) is 9.84. The number of benzene rings is 1. The first-order chi connectivity index (χ1) is 13.6. The summed E-state index contributed by atoms with van der Waals surface area (Å²) in [6.07, 6.45) is 1.00. The molecule has 0 spiro atoms. The fourth-order valence-electron chi connectivity index (χ4n) is 2.71. The third-order valence-corrected chi connectivity index (χ3v) is 4.61. The van der Waals surface area contributed by atoms with Crippen molar-refractivity contribution in [3.8, 4) is 11.5 Å². The first-order valence-corrected chi connectivity index (χ1v) is 9.84. The number of methoxy groups -OCH3 is 2. The standard InChI is InChI=1S/C21H36N4O4/c1-8-21(9-2,25-19(26)29-20(3,4)5)14-24-18(22)23-13-15-10-11-16(27-6)17(12-15)28-7/h10-12H,8-9,13-14H2,1-7H3,(H,25,26)(H3,22,23,24). The van der Waals surface area contributed by atoms with Crippen LogP contribution in [0.3, 0.4) is 0 Å². The maximum Gasteiger partial charge on any atom is 0.408 e. The van der Waals surface area contributed by atoms with Crippen LogP contribution in [-0.4, -0.2) is 44.0 Å². The molecule has 0 aromatic heterocycles. The molecule has 0 unspecified atom stereocenters. The van der Waals surface area contributed by atoms with Crippen LogP contribution >= 0.6 is 0 Å². The van der Waals surface area contributed by atoms with E-state index in [0.717, 1.165) is 18.4 Å². The van der Waals surface area contributed by atoms with Gasteiger partial charge in [0.05, 0.1) is 26.3 Å². The van der Waals surface area contributed by atoms with Gasteiger partial charge in [-0.2, -0.15) is 0 Å². The molecule has 1 amide bonds. The predicted octanol–water partition coefficient (Wildman–Crippen LogP) is 3.19. The van der Waals surface area contributed by atoms with E-state index < -0.39 is 17.2 Å². The summed E-state index contributed by atoms with van der Waals surface area (Å²) in [4.78, 5) is 16.6. The summed E-state index contributed by atoms with van der Waals surface area (Å²) in [5.41, 5.74) is 5.95. The monoisotopic (exact) mass is 408 g/mol. The third-order valence-electron chi connectivity index (χ3n) is 4.61. The van der Waals surface area contributed by atoms with Crippen molar-refractivity contribution in [3.05, 3.63) is 23.8 Å². The van der Waals surface area contributed by atoms with Crippen molar-refractivity contribution >= 4 is 12.1 Å². The third kappa shape index (κ3) is 8.09. The van der Waals surface area contributed by atoms with E-state index >= 15 is 0 Å². The van der Waals surface area contributed by atoms with Gasteiger partial charge in [0.15, 0.2) is 17.5 Å². The molecule has 0 bridgehead atoms. The van der Waals surface area contributed by atoms with Crippen LogP contribution < -0.4 is 25.8 Å². The Morgan fingerprint density at radius 2 is 1.72 bits per heavy atom. The first kappa shape index (κ1) is 24.4. The van der Waals surface area contributed by atoms with E-state index in [0.29, 0.717) is 30.5 Å². The Morgan fingerprint density at radius 1 is 1.10 bits per heavy atom. The molecule has 0 heterocycles. The minimum Gasteiger partial charge on any atom is -0.493 e. The number of amides is 1. The number of alkyl carbamates (subject to hydrolysis) is 1. The van der Waals surface area contributed by atoms with E-state index in [-0.39, 0.29) is 0 Å². The summed E-state index contributed by atoms with van der Waals surface area (Å²) in [6, 6.07) is 5.60. The Balaban J connectivity index is 2.73. The summed E-state index contributed by atoms with van der Waals surface area (Å²) < 4.78 is 15.9. The van der Waals surface area contributed by atoms with Gasteiger partial charge in [-0.1, -0.05) is 19.9 Å². The zero-order chi connectivity index (χ0) is 22.1. The molecule has 1 aromatic rings. The van der Waals surface area contributed by atoms with Gasteiger partial charge < -0.3 is 30.6 Å². The number of guanidine groups is 1. The maximum atomic E-state index is 12.2. The van der Waals surface area contributed by atoms with Crippen LogP contribution in [0.25, 0.3) is 0 Å². The zero-order valence-corrected chi connectivity index (χ0v) is 18.7. The van der Waals surface area contributed by atoms with Gasteiger partial charge in [-0.3, -0.25) is 0 Å². The lowest BCUT2D eigenvalue weighted by Crippen LogP contribution is -2.56. The van der Waals surface area contributed by atoms with Gasteiger partial charge in [-0.15, -0.1) is 0 Å². The molecule has 164 valence electrons. The summed E-state index contributed by atoms with van der Waals surface area (Å²) in [7, 11) is 3.18. The van der Waals surface area contributed by atoms with Crippen LogP contribution in [-0.2, 0) is 11.3 Å². The Labute approximate surface area is 174 Å². The van der Waals surface area contributed by atoms with Crippen molar-refractivity contribution in [2.75, 3.05) is 20.8 Å². The highest BCUT2D eigenvalue weighted by molar-refractivity contribution is 5.78. The SMILES string of the molecule is CCC(CC)(CNC(N)=NCc1ccc(OC)c(OC)c1)NC(=O)OC(C)(C)C. The second kappa shape index (κ2) is 10.8. The van der Waals surface area contributed by atoms with Crippen molar-refractivity contribution in [2.45, 2.75) is 65.1 Å². The van der Waals surface area contributed by atoms with Crippen LogP contribution in [0.15, 0.2) is 23.2 Å². The molecule has 29 heavy (non-hydrogen) atoms. The highest BCUT2D eigenvalue weighted by Crippen LogP contribution is 2.27. The van der Waals surface area contributed by atoms with Crippen molar-refractivity contribution in [1.82, 2.24) is 10.6 Å². The number of aliphatic imine (C=N–C) groups is 1. The van der Waals surface area contributed by atoms with Crippen LogP contribution in [0.4, 0.5) is 4.79 Å². The van der Waals surface area contributed by atoms with Gasteiger partial charge in [0.2, 0.25) is 0 Å². The summed E-state index contributed by atoms with van der Waals surface area (Å²) in [6.45, 7) is 10.4. The Morgan fingerprint density at radius 3 is 2.24 bits per heavy atom. The van der Waals surface area contributed by atoms with Crippen LogP contribution in [0.1, 0.15) is 53.0 Å². The van der Waals surface area contributed by atoms with E-state index in [2.05, 4.69) is 15.6 Å². The average Bonchev–Trinajstić information content (AvgIpc) is 2.67. The number of nitrogens with one attached hydrogen (secondary N) is 2. The molecule has 4 N–H and O–H groups in total. The van der Waals surface area contributed by atoms with Crippen molar-refractivity contribution in [3.63, 3.8) is 0 Å². The second-order valence-electron chi connectivity index (χ2n) is 7.86. The number of ether oxygens (including phenoxy) is 3. The molecule has 0 atom stereocenters. The Bertz CT molecular complexity index is 694. The van der Waals surface area contributed by atoms with Crippen LogP contribution in [0.5, 0.6) is 11.5 Å². The predicted molar refractivity (Wildman–Crippen MR) is 116 cm³/mol. The molecule has 0 saturated heterocycles. The molecule has 0 aliphatic carbocycles. The van der Waals surface area contributed by atoms with Crippen molar-refractivity contribution in [1.29, 1.82) is 0 Å². The number of nitrogens with two attached hydrogens (primary N) is 1. The lowest BCUT2D eigenvalue weighted by atomic mass is 9.93. The molecule has 0 saturated carbocycles. The molecule has 8 nitrogen and oxygen atoms in total. The molecule has 0 radical (unpaired) electrons. The van der Waals surface area contributed by atoms with E-state index in [4.69, 9.17) is 19.9 Å². The summed E-state index contributed by atoms with van der Waals surface area (Å²) in [5, 5.41) is 6.10. The quantitative estimate of drug-likeness (QED) is 0.428. The molecule has 1 aromatic carbocycles. The average molecular weight is 409 g/mol. The molecule has 8 heteroatoms. The van der Waals surface area contributed by atoms with E-state index in [1.165, 1.54) is 0 Å². The second-order valence-corrected chi connectivity index (χ2v) is 7.86. The van der Waals surface area contributed by atoms with Gasteiger partial charge in [-0.05, 0) is 51.3 Å². The Kier molecular flexibility index (Phi) is 9.07. The minimum absolute atomic E-state index is 0.303. The fraction of sp³-hybridized carbons (Fsp3) is 0.619. The number of hydrogen-bond acceptors (Lipinski definition) is 5. The van der Waals surface area contributed by atoms with E-state index in [1.54, 1.807) is 14.2 Å². The maximum absolute atomic E-state index is 12.2.